The summed E-state index contributed by atoms with van der Waals surface area (Å²) in [6.45, 7) is 0.199. The summed E-state index contributed by atoms with van der Waals surface area (Å²) in [7, 11) is 0. The summed E-state index contributed by atoms with van der Waals surface area (Å²) < 4.78 is 29.2. The number of nitrogens with zero attached hydrogens (tertiary/aromatic N) is 4. The maximum atomic E-state index is 14.6. The van der Waals surface area contributed by atoms with E-state index in [0.29, 0.717) is 17.3 Å². The molecule has 170 valence electrons. The van der Waals surface area contributed by atoms with Gasteiger partial charge in [-0.15, -0.1) is 0 Å². The molecule has 34 heavy (non-hydrogen) atoms. The Morgan fingerprint density at radius 2 is 1.79 bits per heavy atom. The van der Waals surface area contributed by atoms with Crippen LogP contribution >= 0.6 is 11.8 Å². The van der Waals surface area contributed by atoms with Crippen molar-refractivity contribution in [1.82, 2.24) is 9.55 Å². The average Bonchev–Trinajstić information content (AvgIpc) is 2.84. The number of thioether (sulfide) groups is 1. The van der Waals surface area contributed by atoms with Gasteiger partial charge in [0.15, 0.2) is 5.16 Å². The highest BCUT2D eigenvalue weighted by molar-refractivity contribution is 7.99. The van der Waals surface area contributed by atoms with Crippen LogP contribution in [0.2, 0.25) is 0 Å². The summed E-state index contributed by atoms with van der Waals surface area (Å²) in [6.07, 6.45) is 0.144. The van der Waals surface area contributed by atoms with Gasteiger partial charge < -0.3 is 4.90 Å². The molecule has 0 bridgehead atoms. The summed E-state index contributed by atoms with van der Waals surface area (Å²) in [5, 5.41) is 9.35. The second-order valence-electron chi connectivity index (χ2n) is 7.23. The van der Waals surface area contributed by atoms with Gasteiger partial charge in [0.1, 0.15) is 11.6 Å². The van der Waals surface area contributed by atoms with E-state index < -0.39 is 17.2 Å². The summed E-state index contributed by atoms with van der Waals surface area (Å²) in [6, 6.07) is 20.5. The third-order valence-electron chi connectivity index (χ3n) is 5.04. The first-order valence-corrected chi connectivity index (χ1v) is 11.3. The molecule has 9 heteroatoms. The van der Waals surface area contributed by atoms with Crippen molar-refractivity contribution >= 4 is 34.3 Å². The monoisotopic (exact) mass is 476 g/mol. The molecule has 0 saturated carbocycles. The Bertz CT molecular complexity index is 1450. The Kier molecular flexibility index (Phi) is 6.99. The summed E-state index contributed by atoms with van der Waals surface area (Å²) >= 11 is 0.966. The molecular weight excluding hydrogens is 458 g/mol. The topological polar surface area (TPSA) is 79.0 Å². The highest BCUT2D eigenvalue weighted by Gasteiger charge is 2.20. The molecule has 0 saturated heterocycles. The van der Waals surface area contributed by atoms with Gasteiger partial charge in [0.05, 0.1) is 34.8 Å². The third-order valence-corrected chi connectivity index (χ3v) is 5.96. The first-order valence-electron chi connectivity index (χ1n) is 10.3. The number of nitriles is 1. The van der Waals surface area contributed by atoms with Crippen molar-refractivity contribution in [3.05, 3.63) is 94.8 Å². The number of aromatic nitrogens is 2. The maximum absolute atomic E-state index is 14.6. The second-order valence-corrected chi connectivity index (χ2v) is 8.17. The second kappa shape index (κ2) is 10.3. The number of fused-ring (bicyclic) bond motifs is 1. The van der Waals surface area contributed by atoms with E-state index in [1.54, 1.807) is 48.5 Å². The minimum atomic E-state index is -0.924. The van der Waals surface area contributed by atoms with Crippen LogP contribution in [0.4, 0.5) is 14.5 Å². The Hall–Kier alpha value is -4.03. The first kappa shape index (κ1) is 23.1. The molecule has 0 aliphatic heterocycles. The first-order chi connectivity index (χ1) is 16.5. The molecule has 1 amide bonds. The van der Waals surface area contributed by atoms with Gasteiger partial charge in [0, 0.05) is 18.3 Å². The molecule has 1 aromatic heterocycles. The number of benzene rings is 3. The molecule has 6 nitrogen and oxygen atoms in total. The molecule has 0 unspecified atom stereocenters. The highest BCUT2D eigenvalue weighted by atomic mass is 32.2. The highest BCUT2D eigenvalue weighted by Crippen LogP contribution is 2.24. The largest absolute Gasteiger partial charge is 0.311 e. The van der Waals surface area contributed by atoms with Crippen molar-refractivity contribution in [2.24, 2.45) is 0 Å². The van der Waals surface area contributed by atoms with E-state index in [0.717, 1.165) is 28.5 Å². The van der Waals surface area contributed by atoms with E-state index in [1.165, 1.54) is 4.90 Å². The van der Waals surface area contributed by atoms with Crippen LogP contribution < -0.4 is 10.5 Å². The lowest BCUT2D eigenvalue weighted by Crippen LogP contribution is -2.33. The molecule has 4 rings (SSSR count). The van der Waals surface area contributed by atoms with Gasteiger partial charge in [0.25, 0.3) is 5.56 Å². The molecule has 0 aliphatic carbocycles. The zero-order chi connectivity index (χ0) is 24.1. The number of para-hydroxylation sites is 2. The van der Waals surface area contributed by atoms with Gasteiger partial charge in [-0.25, -0.2) is 13.8 Å². The lowest BCUT2D eigenvalue weighted by atomic mass is 10.2. The number of hydrogen-bond acceptors (Lipinski definition) is 5. The number of halogens is 2. The average molecular weight is 477 g/mol. The number of hydrogen-bond donors (Lipinski definition) is 0. The Morgan fingerprint density at radius 1 is 1.06 bits per heavy atom. The molecule has 1 heterocycles. The van der Waals surface area contributed by atoms with Crippen LogP contribution in [0, 0.1) is 23.0 Å². The number of carbonyl (C=O) groups is 1. The normalized spacial score (nSPS) is 10.7. The van der Waals surface area contributed by atoms with Crippen molar-refractivity contribution in [3.63, 3.8) is 0 Å². The Balaban J connectivity index is 1.73. The lowest BCUT2D eigenvalue weighted by molar-refractivity contribution is -0.116. The fourth-order valence-corrected chi connectivity index (χ4v) is 4.34. The maximum Gasteiger partial charge on any atom is 0.266 e. The molecule has 0 radical (unpaired) electrons. The quantitative estimate of drug-likeness (QED) is 0.285. The van der Waals surface area contributed by atoms with E-state index in [2.05, 4.69) is 4.98 Å². The standard InChI is InChI=1S/C25H18F2N4O2S/c26-17-11-12-22(20(27)15-17)31-24(33)19-9-4-5-10-21(19)29-25(31)34-16-23(32)30(14-6-13-28)18-7-2-1-3-8-18/h1-5,7-12,15H,6,14,16H2. The van der Waals surface area contributed by atoms with Crippen LogP contribution in [-0.2, 0) is 4.79 Å². The molecule has 0 spiro atoms. The number of amides is 1. The zero-order valence-electron chi connectivity index (χ0n) is 17.8. The fourth-order valence-electron chi connectivity index (χ4n) is 3.46. The lowest BCUT2D eigenvalue weighted by Gasteiger charge is -2.22. The minimum Gasteiger partial charge on any atom is -0.311 e. The summed E-state index contributed by atoms with van der Waals surface area (Å²) in [4.78, 5) is 32.3. The van der Waals surface area contributed by atoms with E-state index >= 15 is 0 Å². The molecular formula is C25H18F2N4O2S. The summed E-state index contributed by atoms with van der Waals surface area (Å²) in [5.41, 5.74) is 0.335. The van der Waals surface area contributed by atoms with Crippen LogP contribution in [0.3, 0.4) is 0 Å². The van der Waals surface area contributed by atoms with Crippen molar-refractivity contribution in [1.29, 1.82) is 5.26 Å². The SMILES string of the molecule is N#CCCN(C(=O)CSc1nc2ccccc2c(=O)n1-c1ccc(F)cc1F)c1ccccc1. The van der Waals surface area contributed by atoms with Gasteiger partial charge in [-0.3, -0.25) is 14.2 Å². The molecule has 0 atom stereocenters. The Morgan fingerprint density at radius 3 is 2.53 bits per heavy atom. The predicted molar refractivity (Wildman–Crippen MR) is 127 cm³/mol. The number of carbonyl (C=O) groups excluding carboxylic acids is 1. The fraction of sp³-hybridized carbons (Fsp3) is 0.120. The number of rotatable bonds is 7. The van der Waals surface area contributed by atoms with Crippen molar-refractivity contribution in [2.45, 2.75) is 11.6 Å². The molecule has 3 aromatic carbocycles. The van der Waals surface area contributed by atoms with Crippen molar-refractivity contribution in [3.8, 4) is 11.8 Å². The molecule has 0 aliphatic rings. The van der Waals surface area contributed by atoms with Gasteiger partial charge in [0.2, 0.25) is 5.91 Å². The van der Waals surface area contributed by atoms with E-state index in [9.17, 15) is 18.4 Å². The molecule has 4 aromatic rings. The van der Waals surface area contributed by atoms with Crippen LogP contribution in [0.1, 0.15) is 6.42 Å². The van der Waals surface area contributed by atoms with Gasteiger partial charge in [-0.2, -0.15) is 5.26 Å². The van der Waals surface area contributed by atoms with E-state index in [-0.39, 0.29) is 40.9 Å². The van der Waals surface area contributed by atoms with Crippen LogP contribution in [0.25, 0.3) is 16.6 Å². The number of anilines is 1. The van der Waals surface area contributed by atoms with Crippen molar-refractivity contribution < 1.29 is 13.6 Å². The van der Waals surface area contributed by atoms with Gasteiger partial charge >= 0.3 is 0 Å². The third kappa shape index (κ3) is 4.82. The molecule has 0 N–H and O–H groups in total. The van der Waals surface area contributed by atoms with E-state index in [1.807, 2.05) is 12.1 Å². The van der Waals surface area contributed by atoms with Gasteiger partial charge in [-0.1, -0.05) is 42.1 Å². The Labute approximate surface area is 198 Å². The minimum absolute atomic E-state index is 0.0934. The van der Waals surface area contributed by atoms with Gasteiger partial charge in [-0.05, 0) is 36.4 Å². The smallest absolute Gasteiger partial charge is 0.266 e. The van der Waals surface area contributed by atoms with Crippen molar-refractivity contribution in [2.75, 3.05) is 17.2 Å². The predicted octanol–water partition coefficient (Wildman–Crippen LogP) is 4.70. The van der Waals surface area contributed by atoms with Crippen LogP contribution in [0.5, 0.6) is 0 Å². The molecule has 0 fully saturated rings. The van der Waals surface area contributed by atoms with Crippen LogP contribution in [0.15, 0.2) is 82.7 Å². The summed E-state index contributed by atoms with van der Waals surface area (Å²) in [5.74, 6) is -2.12. The van der Waals surface area contributed by atoms with E-state index in [4.69, 9.17) is 5.26 Å². The zero-order valence-corrected chi connectivity index (χ0v) is 18.6. The van der Waals surface area contributed by atoms with Crippen LogP contribution in [-0.4, -0.2) is 27.8 Å².